The minimum Gasteiger partial charge on any atom is -0.322 e. The van der Waals surface area contributed by atoms with Crippen molar-refractivity contribution in [2.24, 2.45) is 0 Å². The van der Waals surface area contributed by atoms with Gasteiger partial charge < -0.3 is 10.6 Å². The quantitative estimate of drug-likeness (QED) is 0.249. The monoisotopic (exact) mass is 617 g/mol. The van der Waals surface area contributed by atoms with Crippen molar-refractivity contribution in [3.8, 4) is 0 Å². The first-order chi connectivity index (χ1) is 17.8. The molecule has 0 saturated heterocycles. The van der Waals surface area contributed by atoms with Crippen molar-refractivity contribution in [3.63, 3.8) is 0 Å². The maximum absolute atomic E-state index is 13.2. The number of nitrogens with one attached hydrogen (secondary N) is 2. The molecule has 182 valence electrons. The molecule has 9 heteroatoms. The van der Waals surface area contributed by atoms with Crippen LogP contribution in [0.2, 0.25) is 0 Å². The highest BCUT2D eigenvalue weighted by Gasteiger charge is 2.37. The van der Waals surface area contributed by atoms with Gasteiger partial charge in [0.1, 0.15) is 0 Å². The first-order valence-electron chi connectivity index (χ1n) is 11.1. The number of fused-ring (bicyclic) bond motifs is 1. The summed E-state index contributed by atoms with van der Waals surface area (Å²) >= 11 is 6.70. The first kappa shape index (κ1) is 24.6. The van der Waals surface area contributed by atoms with E-state index in [1.54, 1.807) is 66.7 Å². The Labute approximate surface area is 228 Å². The molecule has 0 bridgehead atoms. The number of rotatable bonds is 5. The fourth-order valence-corrected chi connectivity index (χ4v) is 4.40. The van der Waals surface area contributed by atoms with E-state index in [4.69, 9.17) is 0 Å². The number of anilines is 3. The van der Waals surface area contributed by atoms with Gasteiger partial charge >= 0.3 is 0 Å². The SMILES string of the molecule is O=C(Nc1ccc(Br)cc1)c1cccc(N2C(=O)c3ccc(C(=O)Nc4ccc(Br)cc4)cc3C2=O)c1. The molecule has 0 unspecified atom stereocenters. The number of imide groups is 1. The predicted molar refractivity (Wildman–Crippen MR) is 148 cm³/mol. The second kappa shape index (κ2) is 10.1. The number of halogens is 2. The molecule has 2 N–H and O–H groups in total. The Kier molecular flexibility index (Phi) is 6.73. The molecule has 0 atom stereocenters. The number of nitrogens with zero attached hydrogens (tertiary/aromatic N) is 1. The molecule has 0 aromatic heterocycles. The average molecular weight is 619 g/mol. The minimum absolute atomic E-state index is 0.123. The van der Waals surface area contributed by atoms with Gasteiger partial charge in [-0.1, -0.05) is 37.9 Å². The van der Waals surface area contributed by atoms with Gasteiger partial charge in [-0.2, -0.15) is 0 Å². The summed E-state index contributed by atoms with van der Waals surface area (Å²) in [5, 5.41) is 5.56. The number of hydrogen-bond donors (Lipinski definition) is 2. The Morgan fingerprint density at radius 1 is 0.595 bits per heavy atom. The van der Waals surface area contributed by atoms with Crippen LogP contribution in [0.25, 0.3) is 0 Å². The van der Waals surface area contributed by atoms with Crippen molar-refractivity contribution in [2.45, 2.75) is 0 Å². The van der Waals surface area contributed by atoms with Crippen molar-refractivity contribution < 1.29 is 19.2 Å². The summed E-state index contributed by atoms with van der Waals surface area (Å²) in [7, 11) is 0. The molecule has 1 aliphatic heterocycles. The summed E-state index contributed by atoms with van der Waals surface area (Å²) in [6, 6.07) is 24.8. The van der Waals surface area contributed by atoms with E-state index in [0.29, 0.717) is 11.4 Å². The minimum atomic E-state index is -0.566. The molecule has 0 radical (unpaired) electrons. The van der Waals surface area contributed by atoms with Crippen LogP contribution < -0.4 is 15.5 Å². The Morgan fingerprint density at radius 2 is 1.11 bits per heavy atom. The molecule has 4 amide bonds. The molecule has 4 aromatic rings. The van der Waals surface area contributed by atoms with E-state index in [1.165, 1.54) is 24.3 Å². The van der Waals surface area contributed by atoms with E-state index in [-0.39, 0.29) is 33.8 Å². The van der Waals surface area contributed by atoms with Crippen molar-refractivity contribution in [3.05, 3.63) is 122 Å². The molecular weight excluding hydrogens is 602 g/mol. The molecule has 1 heterocycles. The summed E-state index contributed by atoms with van der Waals surface area (Å²) < 4.78 is 1.76. The lowest BCUT2D eigenvalue weighted by molar-refractivity contribution is 0.0923. The molecule has 1 aliphatic rings. The molecular formula is C28H17Br2N3O4. The Bertz CT molecular complexity index is 1570. The fraction of sp³-hybridized carbons (Fsp3) is 0. The first-order valence-corrected chi connectivity index (χ1v) is 12.7. The van der Waals surface area contributed by atoms with Gasteiger partial charge in [0.15, 0.2) is 0 Å². The lowest BCUT2D eigenvalue weighted by Crippen LogP contribution is -2.29. The van der Waals surface area contributed by atoms with Crippen LogP contribution in [0.15, 0.2) is 99.9 Å². The third-order valence-corrected chi connectivity index (χ3v) is 6.78. The molecule has 5 rings (SSSR count). The van der Waals surface area contributed by atoms with Crippen LogP contribution in [0.5, 0.6) is 0 Å². The molecule has 0 spiro atoms. The fourth-order valence-electron chi connectivity index (χ4n) is 3.88. The molecule has 4 aromatic carbocycles. The highest BCUT2D eigenvalue weighted by molar-refractivity contribution is 9.10. The van der Waals surface area contributed by atoms with Crippen molar-refractivity contribution in [1.82, 2.24) is 0 Å². The second-order valence-electron chi connectivity index (χ2n) is 8.18. The molecule has 0 fully saturated rings. The lowest BCUT2D eigenvalue weighted by atomic mass is 10.1. The van der Waals surface area contributed by atoms with E-state index in [9.17, 15) is 19.2 Å². The van der Waals surface area contributed by atoms with Gasteiger partial charge in [0.2, 0.25) is 0 Å². The van der Waals surface area contributed by atoms with Gasteiger partial charge in [-0.25, -0.2) is 4.90 Å². The van der Waals surface area contributed by atoms with Crippen LogP contribution in [0, 0.1) is 0 Å². The van der Waals surface area contributed by atoms with E-state index >= 15 is 0 Å². The van der Waals surface area contributed by atoms with Crippen LogP contribution in [-0.4, -0.2) is 23.6 Å². The van der Waals surface area contributed by atoms with Gasteiger partial charge in [0.05, 0.1) is 16.8 Å². The van der Waals surface area contributed by atoms with Gasteiger partial charge in [0.25, 0.3) is 23.6 Å². The highest BCUT2D eigenvalue weighted by Crippen LogP contribution is 2.30. The summed E-state index contributed by atoms with van der Waals surface area (Å²) in [6.07, 6.45) is 0. The van der Waals surface area contributed by atoms with Gasteiger partial charge in [-0.15, -0.1) is 0 Å². The van der Waals surface area contributed by atoms with E-state index < -0.39 is 17.7 Å². The van der Waals surface area contributed by atoms with Crippen LogP contribution >= 0.6 is 31.9 Å². The zero-order valence-corrected chi connectivity index (χ0v) is 22.2. The zero-order valence-electron chi connectivity index (χ0n) is 19.0. The average Bonchev–Trinajstić information content (AvgIpc) is 3.15. The maximum Gasteiger partial charge on any atom is 0.266 e. The van der Waals surface area contributed by atoms with Crippen molar-refractivity contribution in [2.75, 3.05) is 15.5 Å². The Hall–Kier alpha value is -4.08. The third-order valence-electron chi connectivity index (χ3n) is 5.72. The summed E-state index contributed by atoms with van der Waals surface area (Å²) in [5.41, 5.74) is 2.30. The predicted octanol–water partition coefficient (Wildman–Crippen LogP) is 6.52. The second-order valence-corrected chi connectivity index (χ2v) is 10.0. The Morgan fingerprint density at radius 3 is 1.68 bits per heavy atom. The zero-order chi connectivity index (χ0) is 26.1. The van der Waals surface area contributed by atoms with E-state index in [0.717, 1.165) is 13.8 Å². The van der Waals surface area contributed by atoms with Crippen molar-refractivity contribution >= 4 is 72.6 Å². The number of carbonyl (C=O) groups is 4. The lowest BCUT2D eigenvalue weighted by Gasteiger charge is -2.15. The van der Waals surface area contributed by atoms with Crippen LogP contribution in [-0.2, 0) is 0 Å². The van der Waals surface area contributed by atoms with Crippen molar-refractivity contribution in [1.29, 1.82) is 0 Å². The van der Waals surface area contributed by atoms with Crippen LogP contribution in [0.1, 0.15) is 41.4 Å². The normalized spacial score (nSPS) is 12.3. The van der Waals surface area contributed by atoms with Gasteiger partial charge in [0, 0.05) is 31.4 Å². The number of hydrogen-bond acceptors (Lipinski definition) is 4. The van der Waals surface area contributed by atoms with Gasteiger partial charge in [-0.3, -0.25) is 19.2 Å². The number of amides is 4. The third kappa shape index (κ3) is 5.09. The number of benzene rings is 4. The molecule has 0 saturated carbocycles. The molecule has 0 aliphatic carbocycles. The van der Waals surface area contributed by atoms with Crippen LogP contribution in [0.4, 0.5) is 17.1 Å². The number of carbonyl (C=O) groups excluding carboxylic acids is 4. The van der Waals surface area contributed by atoms with Gasteiger partial charge in [-0.05, 0) is 84.9 Å². The smallest absolute Gasteiger partial charge is 0.266 e. The largest absolute Gasteiger partial charge is 0.322 e. The van der Waals surface area contributed by atoms with Crippen LogP contribution in [0.3, 0.4) is 0 Å². The summed E-state index contributed by atoms with van der Waals surface area (Å²) in [6.45, 7) is 0. The standard InChI is InChI=1S/C28H17Br2N3O4/c29-18-5-9-20(10-6-18)31-25(34)16-2-1-3-22(14-16)33-27(36)23-13-4-17(15-24(23)28(33)37)26(35)32-21-11-7-19(30)8-12-21/h1-15H,(H,31,34)(H,32,35). The topological polar surface area (TPSA) is 95.6 Å². The maximum atomic E-state index is 13.2. The highest BCUT2D eigenvalue weighted by atomic mass is 79.9. The Balaban J connectivity index is 1.37. The summed E-state index contributed by atoms with van der Waals surface area (Å²) in [5.74, 6) is -1.88. The molecule has 37 heavy (non-hydrogen) atoms. The van der Waals surface area contributed by atoms with E-state index in [2.05, 4.69) is 42.5 Å². The summed E-state index contributed by atoms with van der Waals surface area (Å²) in [4.78, 5) is 52.9. The molecule has 7 nitrogen and oxygen atoms in total. The van der Waals surface area contributed by atoms with E-state index in [1.807, 2.05) is 0 Å².